The van der Waals surface area contributed by atoms with Crippen LogP contribution in [0.15, 0.2) is 0 Å². The Kier molecular flexibility index (Phi) is 4.35. The number of nitrogens with zero attached hydrogens (tertiary/aromatic N) is 3. The average molecular weight is 254 g/mol. The maximum absolute atomic E-state index is 11.2. The van der Waals surface area contributed by atoms with Crippen molar-refractivity contribution in [1.29, 1.82) is 0 Å². The third kappa shape index (κ3) is 3.27. The first-order valence-electron chi connectivity index (χ1n) is 5.24. The molecule has 1 rings (SSSR count). The van der Waals surface area contributed by atoms with Gasteiger partial charge in [-0.2, -0.15) is 4.98 Å². The highest BCUT2D eigenvalue weighted by Gasteiger charge is 2.21. The number of rotatable bonds is 5. The summed E-state index contributed by atoms with van der Waals surface area (Å²) in [5.74, 6) is -0.436. The topological polar surface area (TPSA) is 136 Å². The molecule has 0 aliphatic carbocycles. The van der Waals surface area contributed by atoms with Gasteiger partial charge in [-0.3, -0.25) is 14.9 Å². The van der Waals surface area contributed by atoms with Crippen LogP contribution in [-0.4, -0.2) is 33.9 Å². The number of nitrogens with two attached hydrogens (primary N) is 1. The van der Waals surface area contributed by atoms with Crippen molar-refractivity contribution in [1.82, 2.24) is 15.3 Å². The highest BCUT2D eigenvalue weighted by atomic mass is 16.6. The molecule has 0 aliphatic heterocycles. The van der Waals surface area contributed by atoms with Crippen molar-refractivity contribution in [2.75, 3.05) is 24.1 Å². The van der Waals surface area contributed by atoms with Gasteiger partial charge in [-0.05, 0) is 13.8 Å². The predicted molar refractivity (Wildman–Crippen MR) is 65.0 cm³/mol. The molecular formula is C9H14N6O3. The molecule has 0 aromatic carbocycles. The lowest BCUT2D eigenvalue weighted by atomic mass is 10.3. The van der Waals surface area contributed by atoms with Crippen molar-refractivity contribution in [3.63, 3.8) is 0 Å². The standard InChI is InChI=1S/C9H14N6O3/c1-3-11-6(16)4-12-8-7(15(17)18)5(2)13-9(10)14-8/h3-4H2,1-2H3,(H,11,16)(H3,10,12,13,14). The Morgan fingerprint density at radius 1 is 1.50 bits per heavy atom. The molecule has 0 fully saturated rings. The summed E-state index contributed by atoms with van der Waals surface area (Å²) in [6, 6.07) is 0. The summed E-state index contributed by atoms with van der Waals surface area (Å²) >= 11 is 0. The number of nitro groups is 1. The van der Waals surface area contributed by atoms with Gasteiger partial charge >= 0.3 is 5.69 Å². The minimum atomic E-state index is -0.616. The van der Waals surface area contributed by atoms with Crippen LogP contribution in [0.2, 0.25) is 0 Å². The maximum Gasteiger partial charge on any atom is 0.332 e. The van der Waals surface area contributed by atoms with Crippen molar-refractivity contribution in [3.8, 4) is 0 Å². The molecule has 0 spiro atoms. The Morgan fingerprint density at radius 3 is 2.72 bits per heavy atom. The minimum Gasteiger partial charge on any atom is -0.368 e. The Labute approximate surface area is 103 Å². The Balaban J connectivity index is 2.93. The Hall–Kier alpha value is -2.45. The second kappa shape index (κ2) is 5.75. The van der Waals surface area contributed by atoms with Crippen molar-refractivity contribution < 1.29 is 9.72 Å². The fourth-order valence-electron chi connectivity index (χ4n) is 1.35. The predicted octanol–water partition coefficient (Wildman–Crippen LogP) is -0.177. The van der Waals surface area contributed by atoms with E-state index in [0.717, 1.165) is 0 Å². The van der Waals surface area contributed by atoms with Crippen LogP contribution in [0.4, 0.5) is 17.5 Å². The Morgan fingerprint density at radius 2 is 2.17 bits per heavy atom. The molecule has 1 aromatic heterocycles. The van der Waals surface area contributed by atoms with E-state index in [1.807, 2.05) is 0 Å². The molecule has 1 heterocycles. The van der Waals surface area contributed by atoms with Gasteiger partial charge in [0.05, 0.1) is 11.5 Å². The highest BCUT2D eigenvalue weighted by Crippen LogP contribution is 2.25. The molecular weight excluding hydrogens is 240 g/mol. The smallest absolute Gasteiger partial charge is 0.332 e. The van der Waals surface area contributed by atoms with E-state index in [2.05, 4.69) is 20.6 Å². The van der Waals surface area contributed by atoms with Gasteiger partial charge in [0.25, 0.3) is 0 Å². The van der Waals surface area contributed by atoms with Crippen LogP contribution in [0.25, 0.3) is 0 Å². The zero-order chi connectivity index (χ0) is 13.7. The van der Waals surface area contributed by atoms with Crippen molar-refractivity contribution in [3.05, 3.63) is 15.8 Å². The number of hydrogen-bond donors (Lipinski definition) is 3. The van der Waals surface area contributed by atoms with E-state index < -0.39 is 4.92 Å². The first-order chi connectivity index (χ1) is 8.45. The third-order valence-electron chi connectivity index (χ3n) is 2.05. The number of hydrogen-bond acceptors (Lipinski definition) is 7. The summed E-state index contributed by atoms with van der Waals surface area (Å²) in [6.45, 7) is 3.58. The lowest BCUT2D eigenvalue weighted by Crippen LogP contribution is -2.30. The summed E-state index contributed by atoms with van der Waals surface area (Å²) in [5.41, 5.74) is 5.27. The molecule has 9 nitrogen and oxygen atoms in total. The highest BCUT2D eigenvalue weighted by molar-refractivity contribution is 5.81. The summed E-state index contributed by atoms with van der Waals surface area (Å²) in [5, 5.41) is 16.0. The normalized spacial score (nSPS) is 9.89. The van der Waals surface area contributed by atoms with Crippen LogP contribution < -0.4 is 16.4 Å². The first kappa shape index (κ1) is 13.6. The van der Waals surface area contributed by atoms with Crippen molar-refractivity contribution in [2.45, 2.75) is 13.8 Å². The molecule has 0 saturated carbocycles. The van der Waals surface area contributed by atoms with Gasteiger partial charge in [0, 0.05) is 6.54 Å². The molecule has 9 heteroatoms. The number of anilines is 2. The van der Waals surface area contributed by atoms with E-state index in [4.69, 9.17) is 5.73 Å². The summed E-state index contributed by atoms with van der Waals surface area (Å²) in [7, 11) is 0. The first-order valence-corrected chi connectivity index (χ1v) is 5.24. The molecule has 0 aliphatic rings. The lowest BCUT2D eigenvalue weighted by Gasteiger charge is -2.07. The number of nitrogen functional groups attached to an aromatic ring is 1. The molecule has 18 heavy (non-hydrogen) atoms. The lowest BCUT2D eigenvalue weighted by molar-refractivity contribution is -0.385. The van der Waals surface area contributed by atoms with Gasteiger partial charge in [-0.15, -0.1) is 0 Å². The van der Waals surface area contributed by atoms with Crippen LogP contribution in [0.3, 0.4) is 0 Å². The van der Waals surface area contributed by atoms with Crippen LogP contribution in [0, 0.1) is 17.0 Å². The summed E-state index contributed by atoms with van der Waals surface area (Å²) in [4.78, 5) is 28.9. The molecule has 0 unspecified atom stereocenters. The van der Waals surface area contributed by atoms with Crippen molar-refractivity contribution >= 4 is 23.4 Å². The molecule has 1 amide bonds. The molecule has 98 valence electrons. The molecule has 0 saturated heterocycles. The largest absolute Gasteiger partial charge is 0.368 e. The monoisotopic (exact) mass is 254 g/mol. The van der Waals surface area contributed by atoms with Gasteiger partial charge in [0.2, 0.25) is 17.7 Å². The third-order valence-corrected chi connectivity index (χ3v) is 2.05. The maximum atomic E-state index is 11.2. The van der Waals surface area contributed by atoms with E-state index in [1.165, 1.54) is 6.92 Å². The molecule has 4 N–H and O–H groups in total. The number of aryl methyl sites for hydroxylation is 1. The van der Waals surface area contributed by atoms with Crippen LogP contribution in [0.5, 0.6) is 0 Å². The number of carbonyl (C=O) groups is 1. The van der Waals surface area contributed by atoms with E-state index in [9.17, 15) is 14.9 Å². The zero-order valence-electron chi connectivity index (χ0n) is 10.1. The van der Waals surface area contributed by atoms with Crippen LogP contribution >= 0.6 is 0 Å². The van der Waals surface area contributed by atoms with E-state index >= 15 is 0 Å². The van der Waals surface area contributed by atoms with Crippen LogP contribution in [0.1, 0.15) is 12.6 Å². The van der Waals surface area contributed by atoms with Crippen LogP contribution in [-0.2, 0) is 4.79 Å². The number of nitrogens with one attached hydrogen (secondary N) is 2. The molecule has 0 atom stereocenters. The van der Waals surface area contributed by atoms with Gasteiger partial charge in [0.15, 0.2) is 0 Å². The number of likely N-dealkylation sites (N-methyl/N-ethyl adjacent to an activating group) is 1. The fourth-order valence-corrected chi connectivity index (χ4v) is 1.35. The van der Waals surface area contributed by atoms with E-state index in [0.29, 0.717) is 6.54 Å². The van der Waals surface area contributed by atoms with Crippen molar-refractivity contribution in [2.24, 2.45) is 0 Å². The second-order valence-corrected chi connectivity index (χ2v) is 3.43. The zero-order valence-corrected chi connectivity index (χ0v) is 10.1. The average Bonchev–Trinajstić information content (AvgIpc) is 2.25. The second-order valence-electron chi connectivity index (χ2n) is 3.43. The summed E-state index contributed by atoms with van der Waals surface area (Å²) in [6.07, 6.45) is 0. The number of amides is 1. The molecule has 1 aromatic rings. The minimum absolute atomic E-state index is 0.0590. The molecule has 0 radical (unpaired) electrons. The van der Waals surface area contributed by atoms with E-state index in [1.54, 1.807) is 6.92 Å². The van der Waals surface area contributed by atoms with Gasteiger partial charge in [0.1, 0.15) is 5.69 Å². The molecule has 0 bridgehead atoms. The SMILES string of the molecule is CCNC(=O)CNc1nc(N)nc(C)c1[N+](=O)[O-]. The van der Waals surface area contributed by atoms with E-state index in [-0.39, 0.29) is 35.6 Å². The number of carbonyl (C=O) groups excluding carboxylic acids is 1. The number of aromatic nitrogens is 2. The van der Waals surface area contributed by atoms with Gasteiger partial charge in [-0.1, -0.05) is 0 Å². The fraction of sp³-hybridized carbons (Fsp3) is 0.444. The summed E-state index contributed by atoms with van der Waals surface area (Å²) < 4.78 is 0. The van der Waals surface area contributed by atoms with Gasteiger partial charge < -0.3 is 16.4 Å². The van der Waals surface area contributed by atoms with Gasteiger partial charge in [-0.25, -0.2) is 4.98 Å². The quantitative estimate of drug-likeness (QED) is 0.489. The Bertz CT molecular complexity index is 476.